The van der Waals surface area contributed by atoms with Crippen molar-refractivity contribution in [1.82, 2.24) is 29.3 Å². The monoisotopic (exact) mass is 729 g/mol. The molecule has 0 saturated carbocycles. The van der Waals surface area contributed by atoms with Crippen LogP contribution in [0.15, 0.2) is 84.2 Å². The number of anilines is 2. The first-order chi connectivity index (χ1) is 24.8. The summed E-state index contributed by atoms with van der Waals surface area (Å²) in [6.45, 7) is 15.7. The summed E-state index contributed by atoms with van der Waals surface area (Å²) < 4.78 is 21.9. The molecule has 3 atom stereocenters. The van der Waals surface area contributed by atoms with Crippen molar-refractivity contribution in [2.45, 2.75) is 44.7 Å². The molecule has 0 amide bonds. The topological polar surface area (TPSA) is 109 Å². The Bertz CT molecular complexity index is 2070. The van der Waals surface area contributed by atoms with Gasteiger partial charge in [-0.3, -0.25) is 0 Å². The molecule has 2 aromatic heterocycles. The van der Waals surface area contributed by atoms with Gasteiger partial charge in [-0.05, 0) is 67.9 Å². The zero-order chi connectivity index (χ0) is 35.5. The zero-order valence-corrected chi connectivity index (χ0v) is 29.7. The molecule has 0 radical (unpaired) electrons. The molecule has 0 N–H and O–H groups in total. The van der Waals surface area contributed by atoms with Gasteiger partial charge >= 0.3 is 5.69 Å². The van der Waals surface area contributed by atoms with Gasteiger partial charge in [-0.15, -0.1) is 0 Å². The molecular formula is C36H37Cl2N9O4. The van der Waals surface area contributed by atoms with Crippen LogP contribution in [-0.2, 0) is 21.8 Å². The molecule has 13 nitrogen and oxygen atoms in total. The fourth-order valence-electron chi connectivity index (χ4n) is 6.38. The van der Waals surface area contributed by atoms with Gasteiger partial charge in [0.2, 0.25) is 11.5 Å². The molecule has 0 spiro atoms. The Labute approximate surface area is 305 Å². The van der Waals surface area contributed by atoms with E-state index in [1.54, 1.807) is 41.5 Å². The number of ether oxygens (including phenoxy) is 3. The van der Waals surface area contributed by atoms with E-state index in [0.717, 1.165) is 49.7 Å². The predicted octanol–water partition coefficient (Wildman–Crippen LogP) is 6.13. The van der Waals surface area contributed by atoms with Crippen LogP contribution < -0.4 is 20.2 Å². The fourth-order valence-corrected chi connectivity index (χ4v) is 6.93. The third-order valence-electron chi connectivity index (χ3n) is 9.34. The third kappa shape index (κ3) is 7.18. The maximum absolute atomic E-state index is 12.8. The zero-order valence-electron chi connectivity index (χ0n) is 28.2. The summed E-state index contributed by atoms with van der Waals surface area (Å²) >= 11 is 12.7. The molecule has 5 aromatic rings. The first-order valence-corrected chi connectivity index (χ1v) is 17.5. The quantitative estimate of drug-likeness (QED) is 0.148. The summed E-state index contributed by atoms with van der Waals surface area (Å²) in [4.78, 5) is 22.7. The van der Waals surface area contributed by atoms with E-state index in [-0.39, 0.29) is 31.5 Å². The second-order valence-corrected chi connectivity index (χ2v) is 13.4. The van der Waals surface area contributed by atoms with Crippen molar-refractivity contribution < 1.29 is 14.2 Å². The van der Waals surface area contributed by atoms with E-state index >= 15 is 0 Å². The van der Waals surface area contributed by atoms with Crippen LogP contribution in [0.2, 0.25) is 10.0 Å². The van der Waals surface area contributed by atoms with Gasteiger partial charge in [0.1, 0.15) is 31.3 Å². The largest absolute Gasteiger partial charge is 0.502 e. The maximum atomic E-state index is 12.8. The number of aromatic nitrogens is 6. The van der Waals surface area contributed by atoms with Crippen LogP contribution in [0.1, 0.15) is 31.9 Å². The molecule has 51 heavy (non-hydrogen) atoms. The molecule has 15 heteroatoms. The lowest BCUT2D eigenvalue weighted by atomic mass is 10.1. The second kappa shape index (κ2) is 14.8. The lowest BCUT2D eigenvalue weighted by molar-refractivity contribution is -0.192. The summed E-state index contributed by atoms with van der Waals surface area (Å²) in [5.74, 6) is -0.775. The molecule has 2 fully saturated rings. The average Bonchev–Trinajstić information content (AvgIpc) is 3.91. The Morgan fingerprint density at radius 3 is 2.33 bits per heavy atom. The van der Waals surface area contributed by atoms with Crippen molar-refractivity contribution in [3.8, 4) is 11.4 Å². The summed E-state index contributed by atoms with van der Waals surface area (Å²) in [5, 5.41) is 13.6. The first kappa shape index (κ1) is 34.6. The second-order valence-electron chi connectivity index (χ2n) is 12.5. The average molecular weight is 731 g/mol. The minimum atomic E-state index is -1.25. The van der Waals surface area contributed by atoms with Crippen LogP contribution >= 0.6 is 23.2 Å². The van der Waals surface area contributed by atoms with Crippen molar-refractivity contribution >= 4 is 40.3 Å². The lowest BCUT2D eigenvalue weighted by Gasteiger charge is -2.37. The Balaban J connectivity index is 0.967. The highest BCUT2D eigenvalue weighted by molar-refractivity contribution is 6.35. The molecule has 264 valence electrons. The summed E-state index contributed by atoms with van der Waals surface area (Å²) in [6, 6.07) is 18.9. The van der Waals surface area contributed by atoms with Crippen molar-refractivity contribution in [3.63, 3.8) is 0 Å². The van der Waals surface area contributed by atoms with Crippen LogP contribution in [-0.4, -0.2) is 74.8 Å². The molecule has 2 aliphatic heterocycles. The number of piperazine rings is 1. The number of rotatable bonds is 11. The van der Waals surface area contributed by atoms with Crippen molar-refractivity contribution in [2.75, 3.05) is 49.2 Å². The lowest BCUT2D eigenvalue weighted by Crippen LogP contribution is -2.46. The van der Waals surface area contributed by atoms with Gasteiger partial charge in [-0.25, -0.2) is 18.9 Å². The molecule has 4 heterocycles. The number of halogens is 2. The van der Waals surface area contributed by atoms with Gasteiger partial charge in [0.15, 0.2) is 0 Å². The summed E-state index contributed by atoms with van der Waals surface area (Å²) in [5.41, 5.74) is 3.73. The Kier molecular flexibility index (Phi) is 10.0. The number of hydrogen-bond acceptors (Lipinski definition) is 9. The smallest absolute Gasteiger partial charge is 0.350 e. The first-order valence-electron chi connectivity index (χ1n) is 16.8. The Hall–Kier alpha value is -4.87. The molecule has 2 saturated heterocycles. The minimum absolute atomic E-state index is 0.0466. The van der Waals surface area contributed by atoms with Gasteiger partial charge in [-0.2, -0.15) is 20.1 Å². The normalized spacial score (nSPS) is 19.6. The molecular weight excluding hydrogens is 693 g/mol. The molecule has 0 bridgehead atoms. The maximum Gasteiger partial charge on any atom is 0.350 e. The SMILES string of the molecule is [C-]#[N+]c1cc(N2CCN(c3ccc(-n4cnn(C(C)CC)c4=O)cc3)CC2)ccc1OC[C@@H]1CO[C@@](Cn2nccn2)(c2ccc(Cl)cc2Cl)O1. The van der Waals surface area contributed by atoms with Crippen molar-refractivity contribution in [1.29, 1.82) is 0 Å². The summed E-state index contributed by atoms with van der Waals surface area (Å²) in [6.07, 6.45) is 5.13. The van der Waals surface area contributed by atoms with Crippen LogP contribution in [0.25, 0.3) is 10.5 Å². The van der Waals surface area contributed by atoms with E-state index in [9.17, 15) is 4.79 Å². The van der Waals surface area contributed by atoms with Gasteiger partial charge in [0.05, 0.1) is 42.3 Å². The van der Waals surface area contributed by atoms with Crippen molar-refractivity contribution in [3.05, 3.63) is 117 Å². The molecule has 1 unspecified atom stereocenters. The Morgan fingerprint density at radius 2 is 1.65 bits per heavy atom. The van der Waals surface area contributed by atoms with Gasteiger partial charge in [0.25, 0.3) is 0 Å². The van der Waals surface area contributed by atoms with Crippen molar-refractivity contribution in [2.24, 2.45) is 0 Å². The molecule has 0 aliphatic carbocycles. The fraction of sp³-hybridized carbons (Fsp3) is 0.361. The third-order valence-corrected chi connectivity index (χ3v) is 9.89. The summed E-state index contributed by atoms with van der Waals surface area (Å²) in [7, 11) is 0. The van der Waals surface area contributed by atoms with Gasteiger partial charge in [-0.1, -0.05) is 36.2 Å². The number of nitrogens with zero attached hydrogens (tertiary/aromatic N) is 9. The highest BCUT2D eigenvalue weighted by Crippen LogP contribution is 2.41. The van der Waals surface area contributed by atoms with Crippen LogP contribution in [0.4, 0.5) is 17.1 Å². The minimum Gasteiger partial charge on any atom is -0.502 e. The van der Waals surface area contributed by atoms with E-state index < -0.39 is 11.9 Å². The van der Waals surface area contributed by atoms with E-state index in [1.165, 1.54) is 9.48 Å². The van der Waals surface area contributed by atoms with Crippen LogP contribution in [0.3, 0.4) is 0 Å². The van der Waals surface area contributed by atoms with Gasteiger partial charge in [0, 0.05) is 48.1 Å². The number of benzene rings is 3. The molecule has 7 rings (SSSR count). The highest BCUT2D eigenvalue weighted by Gasteiger charge is 2.46. The number of hydrogen-bond donors (Lipinski definition) is 0. The van der Waals surface area contributed by atoms with Gasteiger partial charge < -0.3 is 24.0 Å². The van der Waals surface area contributed by atoms with E-state index in [2.05, 4.69) is 29.9 Å². The highest BCUT2D eigenvalue weighted by atomic mass is 35.5. The van der Waals surface area contributed by atoms with E-state index in [0.29, 0.717) is 27.0 Å². The van der Waals surface area contributed by atoms with E-state index in [4.69, 9.17) is 44.0 Å². The van der Waals surface area contributed by atoms with Crippen LogP contribution in [0, 0.1) is 6.57 Å². The Morgan fingerprint density at radius 1 is 0.961 bits per heavy atom. The molecule has 2 aliphatic rings. The predicted molar refractivity (Wildman–Crippen MR) is 194 cm³/mol. The van der Waals surface area contributed by atoms with Crippen LogP contribution in [0.5, 0.6) is 5.75 Å². The molecule has 3 aromatic carbocycles. The standard InChI is InChI=1S/C36H37Cl2N9O4/c1-4-25(2)47-35(48)45(24-42-47)28-8-6-27(7-9-28)43-15-17-44(18-16-43)29-10-12-34(33(20-29)39-3)49-21-30-22-50-36(51-30,23-46-40-13-14-41-46)31-11-5-26(37)19-32(31)38/h5-14,19-20,24-25,30H,4,15-18,21-23H2,1-2H3/t25?,30-,36-/m1/s1. The van der Waals surface area contributed by atoms with E-state index in [1.807, 2.05) is 56.3 Å².